The molecule has 88 heavy (non-hydrogen) atoms. The van der Waals surface area contributed by atoms with Crippen molar-refractivity contribution in [3.8, 4) is 0 Å². The molecular weight excluding hydrogens is 1160 g/mol. The van der Waals surface area contributed by atoms with Crippen molar-refractivity contribution < 1.29 is 80.2 Å². The molecule has 17 nitrogen and oxygen atoms in total. The van der Waals surface area contributed by atoms with Crippen molar-refractivity contribution in [3.05, 3.63) is 24.3 Å². The van der Waals surface area contributed by atoms with E-state index in [4.69, 9.17) is 37.0 Å². The number of unbranched alkanes of at least 4 members (excludes halogenated alkanes) is 33. The molecule has 0 aromatic carbocycles. The fraction of sp³-hybridized carbons (Fsp3) is 0.884. The van der Waals surface area contributed by atoms with Gasteiger partial charge in [0.2, 0.25) is 0 Å². The molecule has 0 saturated carbocycles. The van der Waals surface area contributed by atoms with Crippen LogP contribution in [0.1, 0.15) is 324 Å². The van der Waals surface area contributed by atoms with Gasteiger partial charge >= 0.3 is 39.5 Å². The highest BCUT2D eigenvalue weighted by Gasteiger charge is 2.30. The van der Waals surface area contributed by atoms with Gasteiger partial charge in [-0.15, -0.1) is 0 Å². The highest BCUT2D eigenvalue weighted by Crippen LogP contribution is 2.45. The fourth-order valence-corrected chi connectivity index (χ4v) is 11.5. The van der Waals surface area contributed by atoms with Gasteiger partial charge in [0, 0.05) is 25.7 Å². The van der Waals surface area contributed by atoms with E-state index in [0.717, 1.165) is 121 Å². The first-order valence-corrected chi connectivity index (χ1v) is 38.3. The topological polar surface area (TPSA) is 237 Å². The van der Waals surface area contributed by atoms with Crippen LogP contribution in [-0.4, -0.2) is 96.7 Å². The minimum Gasteiger partial charge on any atom is -0.462 e. The van der Waals surface area contributed by atoms with E-state index >= 15 is 0 Å². The number of phosphoric ester groups is 2. The molecule has 0 heterocycles. The molecule has 0 spiro atoms. The Morgan fingerprint density at radius 2 is 0.614 bits per heavy atom. The summed E-state index contributed by atoms with van der Waals surface area (Å²) in [7, 11) is -9.90. The Morgan fingerprint density at radius 1 is 0.352 bits per heavy atom. The summed E-state index contributed by atoms with van der Waals surface area (Å²) in [5.74, 6) is -0.697. The number of hydrogen-bond acceptors (Lipinski definition) is 15. The standard InChI is InChI=1S/C69H130O17P2/c1-7-9-11-13-14-15-16-17-20-24-27-30-33-40-46-52-67(72)80-58-65(85-68(73)53-47-41-34-31-28-25-22-19-18-21-23-26-29-32-38-43-49-61(3)4)60-84-88(77,78)82-56-63(70)55-81-87(75,76)83-59-64(57-79-66(71)51-45-37-12-10-8-2)86-69(74)54-48-42-36-35-39-44-50-62(5)6/h15-17,20,61-65,70H,7-14,18-19,21-60H2,1-6H3,(H,75,76)(H,77,78)/b16-15-,20-17-/t63-,64+,65+/m0/s1. The third-order valence-electron chi connectivity index (χ3n) is 15.3. The van der Waals surface area contributed by atoms with Crippen molar-refractivity contribution in [2.24, 2.45) is 11.8 Å². The van der Waals surface area contributed by atoms with E-state index < -0.39 is 97.5 Å². The second-order valence-corrected chi connectivity index (χ2v) is 28.1. The normalized spacial score (nSPS) is 14.4. The zero-order valence-corrected chi connectivity index (χ0v) is 58.3. The van der Waals surface area contributed by atoms with Crippen molar-refractivity contribution in [3.63, 3.8) is 0 Å². The second-order valence-electron chi connectivity index (χ2n) is 25.2. The van der Waals surface area contributed by atoms with Gasteiger partial charge in [-0.1, -0.05) is 271 Å². The minimum absolute atomic E-state index is 0.0988. The molecule has 0 aromatic heterocycles. The molecule has 3 N–H and O–H groups in total. The van der Waals surface area contributed by atoms with Gasteiger partial charge in [0.05, 0.1) is 26.4 Å². The van der Waals surface area contributed by atoms with Gasteiger partial charge in [0.25, 0.3) is 0 Å². The lowest BCUT2D eigenvalue weighted by Gasteiger charge is -2.21. The average molecular weight is 1290 g/mol. The molecule has 2 unspecified atom stereocenters. The first kappa shape index (κ1) is 85.5. The molecule has 0 amide bonds. The van der Waals surface area contributed by atoms with E-state index in [2.05, 4.69) is 65.8 Å². The van der Waals surface area contributed by atoms with Gasteiger partial charge in [0.15, 0.2) is 12.2 Å². The summed E-state index contributed by atoms with van der Waals surface area (Å²) in [5, 5.41) is 10.5. The fourth-order valence-electron chi connectivity index (χ4n) is 9.87. The van der Waals surface area contributed by atoms with Crippen LogP contribution in [0.4, 0.5) is 0 Å². The van der Waals surface area contributed by atoms with Crippen molar-refractivity contribution in [1.29, 1.82) is 0 Å². The second kappa shape index (κ2) is 60.8. The first-order valence-electron chi connectivity index (χ1n) is 35.3. The van der Waals surface area contributed by atoms with Gasteiger partial charge in [0.1, 0.15) is 19.3 Å². The van der Waals surface area contributed by atoms with Gasteiger partial charge in [-0.2, -0.15) is 0 Å². The van der Waals surface area contributed by atoms with E-state index in [0.29, 0.717) is 31.6 Å². The van der Waals surface area contributed by atoms with Crippen LogP contribution in [0.15, 0.2) is 24.3 Å². The number of hydrogen-bond donors (Lipinski definition) is 3. The highest BCUT2D eigenvalue weighted by atomic mass is 31.2. The van der Waals surface area contributed by atoms with Gasteiger partial charge in [-0.3, -0.25) is 37.3 Å². The van der Waals surface area contributed by atoms with Crippen molar-refractivity contribution >= 4 is 39.5 Å². The summed E-state index contributed by atoms with van der Waals surface area (Å²) >= 11 is 0. The lowest BCUT2D eigenvalue weighted by atomic mass is 10.0. The monoisotopic (exact) mass is 1290 g/mol. The van der Waals surface area contributed by atoms with Crippen LogP contribution in [-0.2, 0) is 65.4 Å². The summed E-state index contributed by atoms with van der Waals surface area (Å²) < 4.78 is 67.9. The summed E-state index contributed by atoms with van der Waals surface area (Å²) in [6.45, 7) is 9.31. The minimum atomic E-state index is -4.96. The number of phosphoric acid groups is 2. The number of aliphatic hydroxyl groups excluding tert-OH is 1. The van der Waals surface area contributed by atoms with E-state index in [-0.39, 0.29) is 25.7 Å². The molecule has 0 rings (SSSR count). The molecule has 0 bridgehead atoms. The van der Waals surface area contributed by atoms with Crippen LogP contribution >= 0.6 is 15.6 Å². The zero-order valence-electron chi connectivity index (χ0n) is 56.5. The van der Waals surface area contributed by atoms with Crippen molar-refractivity contribution in [2.75, 3.05) is 39.6 Å². The maximum atomic E-state index is 13.0. The van der Waals surface area contributed by atoms with Gasteiger partial charge in [-0.25, -0.2) is 9.13 Å². The molecule has 0 fully saturated rings. The highest BCUT2D eigenvalue weighted by molar-refractivity contribution is 7.47. The Morgan fingerprint density at radius 3 is 0.932 bits per heavy atom. The maximum absolute atomic E-state index is 13.0. The Balaban J connectivity index is 5.17. The van der Waals surface area contributed by atoms with Crippen LogP contribution in [0.5, 0.6) is 0 Å². The third kappa shape index (κ3) is 62.4. The van der Waals surface area contributed by atoms with Crippen LogP contribution in [0, 0.1) is 11.8 Å². The molecular formula is C69H130O17P2. The van der Waals surface area contributed by atoms with E-state index in [1.54, 1.807) is 0 Å². The molecule has 0 radical (unpaired) electrons. The van der Waals surface area contributed by atoms with Crippen LogP contribution in [0.3, 0.4) is 0 Å². The number of ether oxygens (including phenoxy) is 4. The van der Waals surface area contributed by atoms with Crippen LogP contribution < -0.4 is 0 Å². The molecule has 0 aromatic rings. The lowest BCUT2D eigenvalue weighted by Crippen LogP contribution is -2.30. The summed E-state index contributed by atoms with van der Waals surface area (Å²) in [6, 6.07) is 0. The van der Waals surface area contributed by atoms with Crippen molar-refractivity contribution in [1.82, 2.24) is 0 Å². The molecule has 0 aliphatic rings. The predicted molar refractivity (Wildman–Crippen MR) is 354 cm³/mol. The number of rotatable bonds is 66. The number of carbonyl (C=O) groups is 4. The number of allylic oxidation sites excluding steroid dienone is 4. The van der Waals surface area contributed by atoms with Crippen molar-refractivity contribution in [2.45, 2.75) is 342 Å². The SMILES string of the molecule is CCCCCC/C=C\C=C/CCCCCCCC(=O)OC[C@H](COP(=O)(O)OC[C@@H](O)COP(=O)(O)OC[C@@H](COC(=O)CCCCCCC)OC(=O)CCCCCCCCC(C)C)OC(=O)CCCCCCCCCCCCCCCCCCC(C)C. The molecule has 0 aliphatic carbocycles. The Kier molecular flexibility index (Phi) is 59.1. The van der Waals surface area contributed by atoms with Gasteiger partial charge < -0.3 is 33.8 Å². The van der Waals surface area contributed by atoms with E-state index in [1.807, 2.05) is 0 Å². The number of carbonyl (C=O) groups excluding carboxylic acids is 4. The quantitative estimate of drug-likeness (QED) is 0.0169. The summed E-state index contributed by atoms with van der Waals surface area (Å²) in [5.41, 5.74) is 0. The Labute approximate surface area is 535 Å². The zero-order chi connectivity index (χ0) is 65.0. The van der Waals surface area contributed by atoms with E-state index in [9.17, 15) is 43.2 Å². The molecule has 0 aliphatic heterocycles. The molecule has 19 heteroatoms. The average Bonchev–Trinajstić information content (AvgIpc) is 3.69. The maximum Gasteiger partial charge on any atom is 0.472 e. The molecule has 518 valence electrons. The third-order valence-corrected chi connectivity index (χ3v) is 17.2. The van der Waals surface area contributed by atoms with E-state index in [1.165, 1.54) is 116 Å². The predicted octanol–water partition coefficient (Wildman–Crippen LogP) is 19.2. The Bertz CT molecular complexity index is 1810. The van der Waals surface area contributed by atoms with Gasteiger partial charge in [-0.05, 0) is 63.2 Å². The molecule has 5 atom stereocenters. The van der Waals surface area contributed by atoms with Crippen LogP contribution in [0.2, 0.25) is 0 Å². The Hall–Kier alpha value is -2.46. The lowest BCUT2D eigenvalue weighted by molar-refractivity contribution is -0.161. The number of esters is 4. The van der Waals surface area contributed by atoms with Crippen LogP contribution in [0.25, 0.3) is 0 Å². The summed E-state index contributed by atoms with van der Waals surface area (Å²) in [4.78, 5) is 72.1. The summed E-state index contributed by atoms with van der Waals surface area (Å²) in [6.07, 6.45) is 48.7. The number of aliphatic hydroxyl groups is 1. The smallest absolute Gasteiger partial charge is 0.462 e. The first-order chi connectivity index (χ1) is 42.4. The molecule has 0 saturated heterocycles. The largest absolute Gasteiger partial charge is 0.472 e.